The lowest BCUT2D eigenvalue weighted by Crippen LogP contribution is -2.44. The van der Waals surface area contributed by atoms with E-state index in [1.165, 1.54) is 11.6 Å². The third-order valence-corrected chi connectivity index (χ3v) is 7.15. The van der Waals surface area contributed by atoms with Crippen molar-refractivity contribution in [3.05, 3.63) is 64.5 Å². The summed E-state index contributed by atoms with van der Waals surface area (Å²) >= 11 is 0. The molecule has 8 heteroatoms. The summed E-state index contributed by atoms with van der Waals surface area (Å²) in [5.41, 5.74) is 4.00. The highest BCUT2D eigenvalue weighted by Gasteiger charge is 2.24. The molecule has 0 radical (unpaired) electrons. The molecule has 4 rings (SSSR count). The number of nitrogens with zero attached hydrogens (tertiary/aromatic N) is 3. The number of hydrogen-bond donors (Lipinski definition) is 2. The number of aliphatic hydroxyl groups excluding tert-OH is 1. The van der Waals surface area contributed by atoms with Crippen LogP contribution in [-0.2, 0) is 24.2 Å². The molecule has 1 fully saturated rings. The summed E-state index contributed by atoms with van der Waals surface area (Å²) in [6.45, 7) is 6.69. The topological polar surface area (TPSA) is 68.3 Å². The van der Waals surface area contributed by atoms with E-state index >= 15 is 0 Å². The molecule has 0 spiro atoms. The van der Waals surface area contributed by atoms with Crippen molar-refractivity contribution in [2.75, 3.05) is 65.4 Å². The van der Waals surface area contributed by atoms with Crippen molar-refractivity contribution in [3.8, 4) is 0 Å². The summed E-state index contributed by atoms with van der Waals surface area (Å²) in [4.78, 5) is 19.8. The number of benzene rings is 2. The normalized spacial score (nSPS) is 18.3. The number of carbonyl (C=O) groups is 1. The molecule has 2 N–H and O–H groups in total. The van der Waals surface area contributed by atoms with Crippen molar-refractivity contribution in [2.24, 2.45) is 0 Å². The minimum absolute atomic E-state index is 0.116. The number of carbonyl (C=O) groups excluding carboxylic acids is 1. The van der Waals surface area contributed by atoms with Crippen LogP contribution in [0.5, 0.6) is 0 Å². The van der Waals surface area contributed by atoms with Gasteiger partial charge >= 0.3 is 0 Å². The summed E-state index contributed by atoms with van der Waals surface area (Å²) in [5.74, 6) is -0.546. The number of amides is 1. The van der Waals surface area contributed by atoms with Gasteiger partial charge in [0.15, 0.2) is 0 Å². The predicted molar refractivity (Wildman–Crippen MR) is 135 cm³/mol. The summed E-state index contributed by atoms with van der Waals surface area (Å²) in [6, 6.07) is 10.9. The first-order chi connectivity index (χ1) is 17.0. The zero-order valence-electron chi connectivity index (χ0n) is 20.8. The first-order valence-corrected chi connectivity index (χ1v) is 12.4. The van der Waals surface area contributed by atoms with Crippen molar-refractivity contribution < 1.29 is 19.0 Å². The molecule has 0 saturated carbocycles. The van der Waals surface area contributed by atoms with Gasteiger partial charge in [-0.2, -0.15) is 0 Å². The molecule has 1 atom stereocenters. The predicted octanol–water partition coefficient (Wildman–Crippen LogP) is 2.58. The van der Waals surface area contributed by atoms with Crippen LogP contribution in [0.1, 0.15) is 33.5 Å². The maximum atomic E-state index is 14.8. The summed E-state index contributed by atoms with van der Waals surface area (Å²) in [7, 11) is 3.77. The van der Waals surface area contributed by atoms with Gasteiger partial charge in [0.1, 0.15) is 5.82 Å². The average molecular weight is 485 g/mol. The van der Waals surface area contributed by atoms with Gasteiger partial charge in [-0.1, -0.05) is 12.1 Å². The number of methoxy groups -OCH3 is 1. The van der Waals surface area contributed by atoms with E-state index in [4.69, 9.17) is 4.74 Å². The highest BCUT2D eigenvalue weighted by Crippen LogP contribution is 2.24. The van der Waals surface area contributed by atoms with Crippen LogP contribution in [0.15, 0.2) is 36.4 Å². The van der Waals surface area contributed by atoms with Gasteiger partial charge in [0, 0.05) is 82.4 Å². The van der Waals surface area contributed by atoms with E-state index in [1.54, 1.807) is 19.2 Å². The first-order valence-electron chi connectivity index (χ1n) is 12.4. The average Bonchev–Trinajstić information content (AvgIpc) is 2.86. The molecule has 190 valence electrons. The van der Waals surface area contributed by atoms with Gasteiger partial charge in [-0.15, -0.1) is 0 Å². The van der Waals surface area contributed by atoms with E-state index in [0.717, 1.165) is 44.7 Å². The number of anilines is 1. The maximum Gasteiger partial charge on any atom is 0.255 e. The molecule has 0 aliphatic carbocycles. The standard InChI is InChI=1S/C27H37FN4O3/c1-30-10-12-31(13-11-30)17-22-5-6-24(16-26(22)28)29-27(34)21-4-3-20-7-9-32(18-23(20)15-21)25(8-14-33)19-35-2/h3-6,15-16,25,33H,7-14,17-19H2,1-2H3,(H,29,34). The van der Waals surface area contributed by atoms with E-state index in [0.29, 0.717) is 42.9 Å². The molecule has 1 saturated heterocycles. The monoisotopic (exact) mass is 484 g/mol. The Bertz CT molecular complexity index is 1000. The van der Waals surface area contributed by atoms with Crippen molar-refractivity contribution in [3.63, 3.8) is 0 Å². The molecule has 1 amide bonds. The van der Waals surface area contributed by atoms with Crippen LogP contribution in [0, 0.1) is 5.82 Å². The summed E-state index contributed by atoms with van der Waals surface area (Å²) < 4.78 is 20.1. The molecule has 2 heterocycles. The van der Waals surface area contributed by atoms with Gasteiger partial charge in [-0.25, -0.2) is 4.39 Å². The van der Waals surface area contributed by atoms with Crippen LogP contribution in [0.3, 0.4) is 0 Å². The zero-order chi connectivity index (χ0) is 24.8. The number of fused-ring (bicyclic) bond motifs is 1. The Morgan fingerprint density at radius 2 is 1.91 bits per heavy atom. The zero-order valence-corrected chi connectivity index (χ0v) is 20.8. The lowest BCUT2D eigenvalue weighted by Gasteiger charge is -2.35. The molecule has 1 unspecified atom stereocenters. The quantitative estimate of drug-likeness (QED) is 0.570. The number of hydrogen-bond acceptors (Lipinski definition) is 6. The molecule has 2 aliphatic rings. The molecule has 7 nitrogen and oxygen atoms in total. The maximum absolute atomic E-state index is 14.8. The Labute approximate surface area is 207 Å². The SMILES string of the molecule is COCC(CCO)N1CCc2ccc(C(=O)Nc3ccc(CN4CCN(C)CC4)c(F)c3)cc2C1. The van der Waals surface area contributed by atoms with E-state index < -0.39 is 0 Å². The Morgan fingerprint density at radius 3 is 2.63 bits per heavy atom. The van der Waals surface area contributed by atoms with E-state index in [1.807, 2.05) is 18.2 Å². The van der Waals surface area contributed by atoms with Crippen molar-refractivity contribution in [1.29, 1.82) is 0 Å². The number of piperazine rings is 1. The van der Waals surface area contributed by atoms with Gasteiger partial charge in [-0.3, -0.25) is 14.6 Å². The second-order valence-electron chi connectivity index (χ2n) is 9.67. The van der Waals surface area contributed by atoms with Gasteiger partial charge in [0.05, 0.1) is 6.61 Å². The highest BCUT2D eigenvalue weighted by atomic mass is 19.1. The molecule has 0 aromatic heterocycles. The Hall–Kier alpha value is -2.36. The third kappa shape index (κ3) is 6.65. The molecular weight excluding hydrogens is 447 g/mol. The van der Waals surface area contributed by atoms with Gasteiger partial charge in [0.25, 0.3) is 5.91 Å². The fourth-order valence-corrected chi connectivity index (χ4v) is 4.95. The van der Waals surface area contributed by atoms with E-state index in [9.17, 15) is 14.3 Å². The summed E-state index contributed by atoms with van der Waals surface area (Å²) in [5, 5.41) is 12.3. The number of likely N-dealkylation sites (N-methyl/N-ethyl adjacent to an activating group) is 1. The van der Waals surface area contributed by atoms with Crippen LogP contribution in [-0.4, -0.2) is 91.9 Å². The first kappa shape index (κ1) is 25.7. The van der Waals surface area contributed by atoms with Gasteiger partial charge < -0.3 is 20.1 Å². The second-order valence-corrected chi connectivity index (χ2v) is 9.67. The molecular formula is C27H37FN4O3. The summed E-state index contributed by atoms with van der Waals surface area (Å²) in [6.07, 6.45) is 1.54. The number of ether oxygens (including phenoxy) is 1. The van der Waals surface area contributed by atoms with Gasteiger partial charge in [0.2, 0.25) is 0 Å². The van der Waals surface area contributed by atoms with E-state index in [-0.39, 0.29) is 24.4 Å². The van der Waals surface area contributed by atoms with Crippen LogP contribution < -0.4 is 5.32 Å². The third-order valence-electron chi connectivity index (χ3n) is 7.15. The smallest absolute Gasteiger partial charge is 0.255 e. The van der Waals surface area contributed by atoms with Crippen LogP contribution in [0.2, 0.25) is 0 Å². The molecule has 0 bridgehead atoms. The minimum Gasteiger partial charge on any atom is -0.396 e. The Morgan fingerprint density at radius 1 is 1.11 bits per heavy atom. The number of rotatable bonds is 9. The molecule has 2 aromatic rings. The molecule has 35 heavy (non-hydrogen) atoms. The Kier molecular flexibility index (Phi) is 8.86. The minimum atomic E-state index is -0.295. The number of nitrogens with one attached hydrogen (secondary N) is 1. The van der Waals surface area contributed by atoms with Crippen LogP contribution >= 0.6 is 0 Å². The molecule has 2 aliphatic heterocycles. The lowest BCUT2D eigenvalue weighted by molar-refractivity contribution is 0.0652. The number of aliphatic hydroxyl groups is 1. The lowest BCUT2D eigenvalue weighted by atomic mass is 9.95. The number of halogens is 1. The Balaban J connectivity index is 1.39. The highest BCUT2D eigenvalue weighted by molar-refractivity contribution is 6.04. The van der Waals surface area contributed by atoms with E-state index in [2.05, 4.69) is 27.1 Å². The fourth-order valence-electron chi connectivity index (χ4n) is 4.95. The van der Waals surface area contributed by atoms with Crippen LogP contribution in [0.25, 0.3) is 0 Å². The second kappa shape index (κ2) is 12.1. The fraction of sp³-hybridized carbons (Fsp3) is 0.519. The largest absolute Gasteiger partial charge is 0.396 e. The van der Waals surface area contributed by atoms with Crippen molar-refractivity contribution in [2.45, 2.75) is 32.0 Å². The van der Waals surface area contributed by atoms with Gasteiger partial charge in [-0.05, 0) is 55.3 Å². The molecule has 2 aromatic carbocycles. The van der Waals surface area contributed by atoms with Crippen LogP contribution in [0.4, 0.5) is 10.1 Å². The van der Waals surface area contributed by atoms with Crippen molar-refractivity contribution in [1.82, 2.24) is 14.7 Å². The van der Waals surface area contributed by atoms with Crippen molar-refractivity contribution >= 4 is 11.6 Å².